The van der Waals surface area contributed by atoms with Crippen molar-refractivity contribution in [3.05, 3.63) is 12.3 Å². The van der Waals surface area contributed by atoms with Gasteiger partial charge in [0.05, 0.1) is 12.7 Å². The smallest absolute Gasteiger partial charge is 0.293 e. The van der Waals surface area contributed by atoms with E-state index in [-0.39, 0.29) is 37.1 Å². The third-order valence-electron chi connectivity index (χ3n) is 3.53. The van der Waals surface area contributed by atoms with Gasteiger partial charge in [0.25, 0.3) is 10.0 Å². The summed E-state index contributed by atoms with van der Waals surface area (Å²) in [6, 6.07) is 1.39. The number of alkyl halides is 3. The first-order chi connectivity index (χ1) is 10.1. The van der Waals surface area contributed by atoms with Crippen molar-refractivity contribution in [2.75, 3.05) is 32.7 Å². The van der Waals surface area contributed by atoms with Crippen LogP contribution in [0.2, 0.25) is 0 Å². The highest BCUT2D eigenvalue weighted by Gasteiger charge is 2.35. The lowest BCUT2D eigenvalue weighted by Gasteiger charge is -2.22. The second-order valence-electron chi connectivity index (χ2n) is 5.61. The van der Waals surface area contributed by atoms with Gasteiger partial charge in [0.2, 0.25) is 0 Å². The highest BCUT2D eigenvalue weighted by molar-refractivity contribution is 7.89. The molecule has 0 radical (unpaired) electrons. The molecule has 10 heteroatoms. The maximum atomic E-state index is 12.6. The SMILES string of the molecule is CC1CN(CC(F)(F)F)CCN(S(=O)(=O)c2ccnn2C)C1. The molecule has 126 valence electrons. The summed E-state index contributed by atoms with van der Waals surface area (Å²) in [5.74, 6) is -0.187. The van der Waals surface area contributed by atoms with E-state index < -0.39 is 22.7 Å². The van der Waals surface area contributed by atoms with E-state index >= 15 is 0 Å². The third-order valence-corrected chi connectivity index (χ3v) is 5.47. The van der Waals surface area contributed by atoms with Crippen molar-refractivity contribution in [2.45, 2.75) is 18.1 Å². The first-order valence-corrected chi connectivity index (χ1v) is 8.31. The standard InChI is InChI=1S/C12H19F3N4O2S/c1-10-7-18(9-12(13,14)15)5-6-19(8-10)22(20,21)11-3-4-16-17(11)2/h3-4,10H,5-9H2,1-2H3. The highest BCUT2D eigenvalue weighted by Crippen LogP contribution is 2.22. The molecule has 0 spiro atoms. The van der Waals surface area contributed by atoms with Gasteiger partial charge in [-0.05, 0) is 12.0 Å². The molecule has 0 bridgehead atoms. The van der Waals surface area contributed by atoms with E-state index in [0.717, 1.165) is 0 Å². The molecule has 1 unspecified atom stereocenters. The number of nitrogens with zero attached hydrogens (tertiary/aromatic N) is 4. The van der Waals surface area contributed by atoms with E-state index in [1.807, 2.05) is 0 Å². The summed E-state index contributed by atoms with van der Waals surface area (Å²) in [7, 11) is -2.23. The zero-order valence-electron chi connectivity index (χ0n) is 12.4. The van der Waals surface area contributed by atoms with Gasteiger partial charge in [-0.15, -0.1) is 0 Å². The van der Waals surface area contributed by atoms with E-state index in [0.29, 0.717) is 0 Å². The largest absolute Gasteiger partial charge is 0.401 e. The number of aromatic nitrogens is 2. The fraction of sp³-hybridized carbons (Fsp3) is 0.750. The zero-order chi connectivity index (χ0) is 16.5. The molecule has 0 saturated carbocycles. The number of sulfonamides is 1. The minimum atomic E-state index is -4.28. The molecule has 6 nitrogen and oxygen atoms in total. The molecule has 2 rings (SSSR count). The molecule has 0 aliphatic carbocycles. The topological polar surface area (TPSA) is 58.4 Å². The van der Waals surface area contributed by atoms with Gasteiger partial charge in [0, 0.05) is 33.2 Å². The fourth-order valence-electron chi connectivity index (χ4n) is 2.64. The second-order valence-corrected chi connectivity index (χ2v) is 7.50. The molecule has 2 heterocycles. The molecule has 1 aliphatic rings. The van der Waals surface area contributed by atoms with Gasteiger partial charge in [-0.3, -0.25) is 9.58 Å². The number of hydrogen-bond acceptors (Lipinski definition) is 4. The van der Waals surface area contributed by atoms with E-state index in [1.165, 1.54) is 33.2 Å². The van der Waals surface area contributed by atoms with Crippen molar-refractivity contribution in [3.63, 3.8) is 0 Å². The molecule has 1 atom stereocenters. The summed E-state index contributed by atoms with van der Waals surface area (Å²) >= 11 is 0. The Morgan fingerprint density at radius 1 is 1.32 bits per heavy atom. The molecule has 1 aliphatic heterocycles. The van der Waals surface area contributed by atoms with E-state index in [2.05, 4.69) is 5.10 Å². The van der Waals surface area contributed by atoms with Crippen LogP contribution < -0.4 is 0 Å². The normalized spacial score (nSPS) is 22.7. The predicted molar refractivity (Wildman–Crippen MR) is 73.6 cm³/mol. The van der Waals surface area contributed by atoms with Crippen molar-refractivity contribution in [1.82, 2.24) is 19.0 Å². The van der Waals surface area contributed by atoms with Gasteiger partial charge in [-0.25, -0.2) is 8.42 Å². The summed E-state index contributed by atoms with van der Waals surface area (Å²) in [6.45, 7) is 1.24. The molecule has 0 amide bonds. The zero-order valence-corrected chi connectivity index (χ0v) is 13.2. The first kappa shape index (κ1) is 17.2. The van der Waals surface area contributed by atoms with Crippen LogP contribution in [0.5, 0.6) is 0 Å². The first-order valence-electron chi connectivity index (χ1n) is 6.87. The van der Waals surface area contributed by atoms with Crippen LogP contribution in [-0.4, -0.2) is 66.3 Å². The molecular formula is C12H19F3N4O2S. The van der Waals surface area contributed by atoms with E-state index in [9.17, 15) is 21.6 Å². The number of halogens is 3. The Hall–Kier alpha value is -1.13. The van der Waals surface area contributed by atoms with Crippen LogP contribution in [0.4, 0.5) is 13.2 Å². The summed E-state index contributed by atoms with van der Waals surface area (Å²) in [6.07, 6.45) is -2.90. The van der Waals surface area contributed by atoms with Crippen molar-refractivity contribution < 1.29 is 21.6 Å². The van der Waals surface area contributed by atoms with Crippen LogP contribution in [0.3, 0.4) is 0 Å². The Labute approximate surface area is 127 Å². The van der Waals surface area contributed by atoms with E-state index in [1.54, 1.807) is 6.92 Å². The van der Waals surface area contributed by atoms with Gasteiger partial charge in [-0.1, -0.05) is 6.92 Å². The number of hydrogen-bond donors (Lipinski definition) is 0. The highest BCUT2D eigenvalue weighted by atomic mass is 32.2. The van der Waals surface area contributed by atoms with Crippen LogP contribution in [0, 0.1) is 5.92 Å². The number of aryl methyl sites for hydroxylation is 1. The monoisotopic (exact) mass is 340 g/mol. The Bertz CT molecular complexity index is 614. The quantitative estimate of drug-likeness (QED) is 0.821. The van der Waals surface area contributed by atoms with Crippen molar-refractivity contribution >= 4 is 10.0 Å². The van der Waals surface area contributed by atoms with Crippen molar-refractivity contribution in [3.8, 4) is 0 Å². The average Bonchev–Trinajstić information content (AvgIpc) is 2.70. The second kappa shape index (κ2) is 6.17. The Kier molecular flexibility index (Phi) is 4.83. The van der Waals surface area contributed by atoms with Gasteiger partial charge < -0.3 is 0 Å². The molecule has 0 aromatic carbocycles. The molecule has 1 saturated heterocycles. The van der Waals surface area contributed by atoms with Gasteiger partial charge in [-0.2, -0.15) is 22.6 Å². The summed E-state index contributed by atoms with van der Waals surface area (Å²) in [5.41, 5.74) is 0. The summed E-state index contributed by atoms with van der Waals surface area (Å²) in [5, 5.41) is 3.88. The van der Waals surface area contributed by atoms with Crippen LogP contribution in [0.15, 0.2) is 17.3 Å². The van der Waals surface area contributed by atoms with Crippen molar-refractivity contribution in [1.29, 1.82) is 0 Å². The molecule has 0 N–H and O–H groups in total. The van der Waals surface area contributed by atoms with E-state index in [4.69, 9.17) is 0 Å². The predicted octanol–water partition coefficient (Wildman–Crippen LogP) is 0.925. The van der Waals surface area contributed by atoms with Crippen LogP contribution in [0.1, 0.15) is 6.92 Å². The lowest BCUT2D eigenvalue weighted by atomic mass is 10.2. The summed E-state index contributed by atoms with van der Waals surface area (Å²) in [4.78, 5) is 1.25. The minimum Gasteiger partial charge on any atom is -0.293 e. The van der Waals surface area contributed by atoms with Crippen LogP contribution in [0.25, 0.3) is 0 Å². The Morgan fingerprint density at radius 3 is 2.55 bits per heavy atom. The van der Waals surface area contributed by atoms with Gasteiger partial charge in [0.1, 0.15) is 0 Å². The third kappa shape index (κ3) is 3.99. The molecule has 22 heavy (non-hydrogen) atoms. The molecule has 1 fully saturated rings. The lowest BCUT2D eigenvalue weighted by Crippen LogP contribution is -2.39. The molecular weight excluding hydrogens is 321 g/mol. The lowest BCUT2D eigenvalue weighted by molar-refractivity contribution is -0.146. The van der Waals surface area contributed by atoms with Gasteiger partial charge in [0.15, 0.2) is 5.03 Å². The Morgan fingerprint density at radius 2 is 2.00 bits per heavy atom. The Balaban J connectivity index is 2.16. The molecule has 1 aromatic heterocycles. The maximum Gasteiger partial charge on any atom is 0.401 e. The minimum absolute atomic E-state index is 0.0356. The number of rotatable bonds is 3. The van der Waals surface area contributed by atoms with Crippen LogP contribution in [-0.2, 0) is 17.1 Å². The molecule has 1 aromatic rings. The summed E-state index contributed by atoms with van der Waals surface area (Å²) < 4.78 is 65.2. The average molecular weight is 340 g/mol. The maximum absolute atomic E-state index is 12.6. The van der Waals surface area contributed by atoms with Crippen molar-refractivity contribution in [2.24, 2.45) is 13.0 Å². The van der Waals surface area contributed by atoms with Gasteiger partial charge >= 0.3 is 6.18 Å². The van der Waals surface area contributed by atoms with Crippen LogP contribution >= 0.6 is 0 Å². The fourth-order valence-corrected chi connectivity index (χ4v) is 4.30.